The molecule has 1 heterocycles. The van der Waals surface area contributed by atoms with Gasteiger partial charge in [0.25, 0.3) is 0 Å². The van der Waals surface area contributed by atoms with Gasteiger partial charge in [-0.15, -0.1) is 0 Å². The van der Waals surface area contributed by atoms with Gasteiger partial charge in [-0.2, -0.15) is 0 Å². The summed E-state index contributed by atoms with van der Waals surface area (Å²) in [6.07, 6.45) is 8.15. The van der Waals surface area contributed by atoms with E-state index in [0.29, 0.717) is 10.8 Å². The highest BCUT2D eigenvalue weighted by Crippen LogP contribution is 2.41. The molecule has 0 saturated heterocycles. The van der Waals surface area contributed by atoms with E-state index < -0.39 is 0 Å². The first-order chi connectivity index (χ1) is 9.63. The number of rotatable bonds is 4. The fourth-order valence-corrected chi connectivity index (χ4v) is 3.33. The number of ether oxygens (including phenoxy) is 1. The highest BCUT2D eigenvalue weighted by molar-refractivity contribution is 6.30. The van der Waals surface area contributed by atoms with Crippen LogP contribution in [0, 0.1) is 0 Å². The number of hydrazine groups is 1. The lowest BCUT2D eigenvalue weighted by atomic mass is 9.82. The molecule has 1 aliphatic carbocycles. The van der Waals surface area contributed by atoms with Crippen LogP contribution in [0.15, 0.2) is 12.3 Å². The van der Waals surface area contributed by atoms with Gasteiger partial charge < -0.3 is 10.5 Å². The normalized spacial score (nSPS) is 20.4. The second-order valence-electron chi connectivity index (χ2n) is 5.41. The van der Waals surface area contributed by atoms with Gasteiger partial charge in [-0.1, -0.05) is 37.3 Å². The maximum Gasteiger partial charge on any atom is 0.128 e. The van der Waals surface area contributed by atoms with E-state index in [1.54, 1.807) is 13.3 Å². The van der Waals surface area contributed by atoms with Crippen molar-refractivity contribution < 1.29 is 4.74 Å². The topological polar surface area (TPSA) is 86.2 Å². The fourth-order valence-electron chi connectivity index (χ4n) is 3.16. The zero-order valence-electron chi connectivity index (χ0n) is 11.9. The number of halogens is 1. The predicted molar refractivity (Wildman–Crippen MR) is 81.2 cm³/mol. The largest absolute Gasteiger partial charge is 0.383 e. The number of methoxy groups -OCH3 is 1. The molecule has 0 spiro atoms. The molecule has 0 bridgehead atoms. The van der Waals surface area contributed by atoms with Crippen LogP contribution in [0.4, 0.5) is 5.82 Å². The number of hydrogen-bond acceptors (Lipinski definition) is 5. The van der Waals surface area contributed by atoms with Crippen molar-refractivity contribution >= 4 is 17.4 Å². The molecule has 1 fully saturated rings. The summed E-state index contributed by atoms with van der Waals surface area (Å²) < 4.78 is 5.89. The zero-order chi connectivity index (χ0) is 14.6. The van der Waals surface area contributed by atoms with E-state index in [-0.39, 0.29) is 11.6 Å². The van der Waals surface area contributed by atoms with Crippen molar-refractivity contribution in [2.45, 2.75) is 50.2 Å². The molecule has 0 aliphatic heterocycles. The standard InChI is InChI=1S/C14H23ClN4O/c1-20-14(6-4-2-3-5-7-14)12(19-17)11-8-10(15)9-18-13(11)16/h8-9,12,19H,2-7,17H2,1H3,(H2,16,18). The van der Waals surface area contributed by atoms with Gasteiger partial charge in [0, 0.05) is 18.9 Å². The minimum absolute atomic E-state index is 0.211. The second-order valence-corrected chi connectivity index (χ2v) is 5.85. The minimum Gasteiger partial charge on any atom is -0.383 e. The maximum atomic E-state index is 6.05. The zero-order valence-corrected chi connectivity index (χ0v) is 12.6. The molecule has 6 heteroatoms. The van der Waals surface area contributed by atoms with Crippen LogP contribution in [0.5, 0.6) is 0 Å². The Hall–Kier alpha value is -0.880. The van der Waals surface area contributed by atoms with Gasteiger partial charge >= 0.3 is 0 Å². The second kappa shape index (κ2) is 6.72. The smallest absolute Gasteiger partial charge is 0.128 e. The van der Waals surface area contributed by atoms with Crippen molar-refractivity contribution in [1.82, 2.24) is 10.4 Å². The van der Waals surface area contributed by atoms with Crippen molar-refractivity contribution in [2.24, 2.45) is 5.84 Å². The molecule has 1 aromatic rings. The molecule has 1 unspecified atom stereocenters. The van der Waals surface area contributed by atoms with E-state index in [4.69, 9.17) is 27.9 Å². The third-order valence-electron chi connectivity index (χ3n) is 4.28. The molecule has 1 aromatic heterocycles. The van der Waals surface area contributed by atoms with Crippen LogP contribution in [0.3, 0.4) is 0 Å². The average Bonchev–Trinajstić information content (AvgIpc) is 2.70. The Kier molecular flexibility index (Phi) is 5.21. The van der Waals surface area contributed by atoms with Gasteiger partial charge in [0.2, 0.25) is 0 Å². The van der Waals surface area contributed by atoms with Gasteiger partial charge in [-0.3, -0.25) is 5.84 Å². The van der Waals surface area contributed by atoms with Crippen molar-refractivity contribution in [3.05, 3.63) is 22.8 Å². The number of nitrogens with one attached hydrogen (secondary N) is 1. The first-order valence-electron chi connectivity index (χ1n) is 7.05. The molecule has 5 N–H and O–H groups in total. The van der Waals surface area contributed by atoms with E-state index in [9.17, 15) is 0 Å². The molecule has 1 atom stereocenters. The van der Waals surface area contributed by atoms with Crippen LogP contribution >= 0.6 is 11.6 Å². The number of nitrogens with two attached hydrogens (primary N) is 2. The van der Waals surface area contributed by atoms with E-state index >= 15 is 0 Å². The van der Waals surface area contributed by atoms with Crippen molar-refractivity contribution in [2.75, 3.05) is 12.8 Å². The molecule has 1 saturated carbocycles. The Balaban J connectivity index is 2.40. The first kappa shape index (κ1) is 15.5. The van der Waals surface area contributed by atoms with Gasteiger partial charge in [0.1, 0.15) is 5.82 Å². The molecule has 0 amide bonds. The summed E-state index contributed by atoms with van der Waals surface area (Å²) in [6, 6.07) is 1.61. The van der Waals surface area contributed by atoms with Crippen molar-refractivity contribution in [3.63, 3.8) is 0 Å². The van der Waals surface area contributed by atoms with Crippen LogP contribution < -0.4 is 17.0 Å². The number of nitrogens with zero attached hydrogens (tertiary/aromatic N) is 1. The van der Waals surface area contributed by atoms with Gasteiger partial charge in [0.15, 0.2) is 0 Å². The number of nitrogen functional groups attached to an aromatic ring is 1. The third kappa shape index (κ3) is 3.06. The Morgan fingerprint density at radius 2 is 2.00 bits per heavy atom. The third-order valence-corrected chi connectivity index (χ3v) is 4.48. The van der Waals surface area contributed by atoms with Crippen molar-refractivity contribution in [1.29, 1.82) is 0 Å². The number of pyridine rings is 1. The molecule has 20 heavy (non-hydrogen) atoms. The Morgan fingerprint density at radius 3 is 2.55 bits per heavy atom. The SMILES string of the molecule is COC1(C(NN)c2cc(Cl)cnc2N)CCCCCC1. The lowest BCUT2D eigenvalue weighted by Gasteiger charge is -2.39. The molecule has 2 rings (SSSR count). The molecule has 0 aromatic carbocycles. The van der Waals surface area contributed by atoms with E-state index in [0.717, 1.165) is 31.2 Å². The predicted octanol–water partition coefficient (Wildman–Crippen LogP) is 2.56. The molecular formula is C14H23ClN4O. The van der Waals surface area contributed by atoms with E-state index in [1.165, 1.54) is 12.8 Å². The number of hydrogen-bond donors (Lipinski definition) is 3. The summed E-state index contributed by atoms with van der Waals surface area (Å²) in [5, 5.41) is 0.550. The Labute approximate surface area is 125 Å². The quantitative estimate of drug-likeness (QED) is 0.452. The summed E-state index contributed by atoms with van der Waals surface area (Å²) in [5.74, 6) is 6.25. The Bertz CT molecular complexity index is 447. The fraction of sp³-hybridized carbons (Fsp3) is 0.643. The van der Waals surface area contributed by atoms with E-state index in [2.05, 4.69) is 10.4 Å². The first-order valence-corrected chi connectivity index (χ1v) is 7.43. The summed E-state index contributed by atoms with van der Waals surface area (Å²) in [5.41, 5.74) is 9.33. The van der Waals surface area contributed by atoms with Gasteiger partial charge in [-0.25, -0.2) is 10.4 Å². The summed E-state index contributed by atoms with van der Waals surface area (Å²) >= 11 is 6.05. The maximum absolute atomic E-state index is 6.05. The number of anilines is 1. The van der Waals surface area contributed by atoms with Crippen LogP contribution in [0.1, 0.15) is 50.1 Å². The van der Waals surface area contributed by atoms with Crippen LogP contribution in [0.25, 0.3) is 0 Å². The number of aromatic nitrogens is 1. The lowest BCUT2D eigenvalue weighted by molar-refractivity contribution is -0.0540. The van der Waals surface area contributed by atoms with Crippen molar-refractivity contribution in [3.8, 4) is 0 Å². The summed E-state index contributed by atoms with van der Waals surface area (Å²) in [4.78, 5) is 4.13. The van der Waals surface area contributed by atoms with Gasteiger partial charge in [0.05, 0.1) is 16.7 Å². The van der Waals surface area contributed by atoms with Crippen LogP contribution in [-0.2, 0) is 4.74 Å². The highest BCUT2D eigenvalue weighted by atomic mass is 35.5. The molecule has 1 aliphatic rings. The summed E-state index contributed by atoms with van der Waals surface area (Å²) in [6.45, 7) is 0. The molecule has 112 valence electrons. The molecular weight excluding hydrogens is 276 g/mol. The van der Waals surface area contributed by atoms with Gasteiger partial charge in [-0.05, 0) is 18.9 Å². The lowest BCUT2D eigenvalue weighted by Crippen LogP contribution is -2.48. The average molecular weight is 299 g/mol. The Morgan fingerprint density at radius 1 is 1.35 bits per heavy atom. The molecule has 5 nitrogen and oxygen atoms in total. The van der Waals surface area contributed by atoms with Crippen LogP contribution in [-0.4, -0.2) is 17.7 Å². The highest BCUT2D eigenvalue weighted by Gasteiger charge is 2.40. The summed E-state index contributed by atoms with van der Waals surface area (Å²) in [7, 11) is 1.74. The minimum atomic E-state index is -0.355. The van der Waals surface area contributed by atoms with E-state index in [1.807, 2.05) is 6.07 Å². The monoisotopic (exact) mass is 298 g/mol. The van der Waals surface area contributed by atoms with Crippen LogP contribution in [0.2, 0.25) is 5.02 Å². The molecule has 0 radical (unpaired) electrons.